The first-order chi connectivity index (χ1) is 7.43. The average molecular weight is 291 g/mol. The van der Waals surface area contributed by atoms with Gasteiger partial charge < -0.3 is 20.4 Å². The van der Waals surface area contributed by atoms with Gasteiger partial charge in [0.15, 0.2) is 0 Å². The fourth-order valence-corrected chi connectivity index (χ4v) is 1.80. The third-order valence-corrected chi connectivity index (χ3v) is 2.44. The molecule has 1 heterocycles. The van der Waals surface area contributed by atoms with Gasteiger partial charge in [-0.15, -0.1) is 0 Å². The second-order valence-electron chi connectivity index (χ2n) is 3.24. The van der Waals surface area contributed by atoms with Crippen molar-refractivity contribution >= 4 is 27.7 Å². The summed E-state index contributed by atoms with van der Waals surface area (Å²) in [4.78, 5) is 24.3. The highest BCUT2D eigenvalue weighted by Crippen LogP contribution is 2.29. The molecule has 0 radical (unpaired) electrons. The molecule has 0 saturated heterocycles. The number of imidazole rings is 1. The predicted octanol–water partition coefficient (Wildman–Crippen LogP) is 1.12. The Bertz CT molecular complexity index is 415. The monoisotopic (exact) mass is 290 g/mol. The molecule has 1 amide bonds. The smallest absolute Gasteiger partial charge is 0.370 e. The van der Waals surface area contributed by atoms with Gasteiger partial charge in [0.1, 0.15) is 5.69 Å². The maximum absolute atomic E-state index is 10.7. The molecule has 1 unspecified atom stereocenters. The number of carbonyl (C=O) groups excluding carboxylic acids is 1. The summed E-state index contributed by atoms with van der Waals surface area (Å²) in [6.45, 7) is 2.05. The zero-order valence-electron chi connectivity index (χ0n) is 8.59. The molecule has 16 heavy (non-hydrogen) atoms. The molecule has 7 nitrogen and oxygen atoms in total. The standard InChI is InChI=1S/C8H11BrN4O3/c1-5(9)7-8(13(15)16)11-4-12(7)3-2-6(10)14/h4-5H,2-3H2,1H3,(H2,10,14). The summed E-state index contributed by atoms with van der Waals surface area (Å²) in [5.74, 6) is -0.654. The number of nitrogens with zero attached hydrogens (tertiary/aromatic N) is 3. The summed E-state index contributed by atoms with van der Waals surface area (Å²) in [5, 5.41) is 10.7. The number of alkyl halides is 1. The minimum absolute atomic E-state index is 0.125. The lowest BCUT2D eigenvalue weighted by Crippen LogP contribution is -2.15. The topological polar surface area (TPSA) is 104 Å². The van der Waals surface area contributed by atoms with Gasteiger partial charge >= 0.3 is 5.82 Å². The molecule has 0 saturated carbocycles. The van der Waals surface area contributed by atoms with E-state index in [4.69, 9.17) is 5.73 Å². The van der Waals surface area contributed by atoms with Gasteiger partial charge in [0.05, 0.1) is 4.83 Å². The van der Waals surface area contributed by atoms with E-state index in [9.17, 15) is 14.9 Å². The minimum Gasteiger partial charge on any atom is -0.370 e. The number of hydrogen-bond donors (Lipinski definition) is 1. The molecule has 8 heteroatoms. The van der Waals surface area contributed by atoms with E-state index in [1.165, 1.54) is 6.33 Å². The van der Waals surface area contributed by atoms with Gasteiger partial charge in [-0.05, 0) is 16.8 Å². The number of aryl methyl sites for hydroxylation is 1. The number of halogens is 1. The van der Waals surface area contributed by atoms with Crippen LogP contribution in [0.4, 0.5) is 5.82 Å². The number of amides is 1. The number of carbonyl (C=O) groups is 1. The van der Waals surface area contributed by atoms with Crippen molar-refractivity contribution in [3.63, 3.8) is 0 Å². The molecule has 0 fully saturated rings. The maximum atomic E-state index is 10.7. The largest absolute Gasteiger partial charge is 0.385 e. The highest BCUT2D eigenvalue weighted by Gasteiger charge is 2.24. The Morgan fingerprint density at radius 3 is 2.88 bits per heavy atom. The van der Waals surface area contributed by atoms with Crippen LogP contribution in [0.3, 0.4) is 0 Å². The first-order valence-corrected chi connectivity index (χ1v) is 5.46. The van der Waals surface area contributed by atoms with Crippen molar-refractivity contribution in [3.05, 3.63) is 22.1 Å². The molecule has 1 aromatic heterocycles. The molecule has 1 rings (SSSR count). The van der Waals surface area contributed by atoms with E-state index in [0.29, 0.717) is 12.2 Å². The number of hydrogen-bond acceptors (Lipinski definition) is 4. The third-order valence-electron chi connectivity index (χ3n) is 2.01. The average Bonchev–Trinajstić information content (AvgIpc) is 2.57. The molecule has 0 bridgehead atoms. The molecule has 0 aliphatic carbocycles. The van der Waals surface area contributed by atoms with Crippen LogP contribution in [0.5, 0.6) is 0 Å². The van der Waals surface area contributed by atoms with E-state index in [1.807, 2.05) is 0 Å². The summed E-state index contributed by atoms with van der Waals surface area (Å²) in [6, 6.07) is 0. The van der Waals surface area contributed by atoms with Crippen molar-refractivity contribution in [2.45, 2.75) is 24.7 Å². The van der Waals surface area contributed by atoms with Gasteiger partial charge in [0.25, 0.3) is 0 Å². The van der Waals surface area contributed by atoms with E-state index >= 15 is 0 Å². The molecule has 88 valence electrons. The van der Waals surface area contributed by atoms with Crippen LogP contribution in [0, 0.1) is 10.1 Å². The zero-order chi connectivity index (χ0) is 12.3. The Morgan fingerprint density at radius 2 is 2.44 bits per heavy atom. The van der Waals surface area contributed by atoms with Gasteiger partial charge in [-0.1, -0.05) is 15.9 Å². The zero-order valence-corrected chi connectivity index (χ0v) is 10.2. The Kier molecular flexibility index (Phi) is 3.99. The molecule has 0 aliphatic rings. The highest BCUT2D eigenvalue weighted by atomic mass is 79.9. The van der Waals surface area contributed by atoms with E-state index < -0.39 is 10.8 Å². The van der Waals surface area contributed by atoms with E-state index in [-0.39, 0.29) is 17.1 Å². The van der Waals surface area contributed by atoms with E-state index in [2.05, 4.69) is 20.9 Å². The molecule has 0 aromatic carbocycles. The lowest BCUT2D eigenvalue weighted by molar-refractivity contribution is -0.390. The van der Waals surface area contributed by atoms with Crippen molar-refractivity contribution in [2.24, 2.45) is 5.73 Å². The van der Waals surface area contributed by atoms with Crippen molar-refractivity contribution < 1.29 is 9.72 Å². The fraction of sp³-hybridized carbons (Fsp3) is 0.500. The second-order valence-corrected chi connectivity index (χ2v) is 4.61. The van der Waals surface area contributed by atoms with Crippen molar-refractivity contribution in [1.29, 1.82) is 0 Å². The summed E-state index contributed by atoms with van der Waals surface area (Å²) < 4.78 is 1.56. The van der Waals surface area contributed by atoms with Gasteiger partial charge in [-0.3, -0.25) is 4.79 Å². The lowest BCUT2D eigenvalue weighted by Gasteiger charge is -2.07. The van der Waals surface area contributed by atoms with Crippen LogP contribution in [-0.4, -0.2) is 20.4 Å². The Morgan fingerprint density at radius 1 is 1.81 bits per heavy atom. The molecule has 0 spiro atoms. The minimum atomic E-state index is -0.548. The lowest BCUT2D eigenvalue weighted by atomic mass is 10.3. The number of aromatic nitrogens is 2. The quantitative estimate of drug-likeness (QED) is 0.498. The van der Waals surface area contributed by atoms with Gasteiger partial charge in [0, 0.05) is 13.0 Å². The highest BCUT2D eigenvalue weighted by molar-refractivity contribution is 9.09. The van der Waals surface area contributed by atoms with Crippen LogP contribution in [0.25, 0.3) is 0 Å². The first kappa shape index (κ1) is 12.6. The second kappa shape index (κ2) is 5.06. The van der Waals surface area contributed by atoms with Crippen molar-refractivity contribution in [3.8, 4) is 0 Å². The van der Waals surface area contributed by atoms with Crippen LogP contribution < -0.4 is 5.73 Å². The molecular weight excluding hydrogens is 280 g/mol. The summed E-state index contributed by atoms with van der Waals surface area (Å²) >= 11 is 3.26. The normalized spacial score (nSPS) is 12.4. The van der Waals surface area contributed by atoms with E-state index in [1.54, 1.807) is 11.5 Å². The van der Waals surface area contributed by atoms with Gasteiger partial charge in [-0.25, -0.2) is 0 Å². The molecule has 0 aliphatic heterocycles. The predicted molar refractivity (Wildman–Crippen MR) is 60.0 cm³/mol. The van der Waals surface area contributed by atoms with E-state index in [0.717, 1.165) is 0 Å². The van der Waals surface area contributed by atoms with Crippen molar-refractivity contribution in [2.75, 3.05) is 0 Å². The van der Waals surface area contributed by atoms with Crippen LogP contribution in [0.2, 0.25) is 0 Å². The Balaban J connectivity index is 3.00. The number of nitrogens with two attached hydrogens (primary N) is 1. The maximum Gasteiger partial charge on any atom is 0.385 e. The fourth-order valence-electron chi connectivity index (χ4n) is 1.34. The van der Waals surface area contributed by atoms with Gasteiger partial charge in [0.2, 0.25) is 12.2 Å². The first-order valence-electron chi connectivity index (χ1n) is 4.55. The van der Waals surface area contributed by atoms with Crippen molar-refractivity contribution in [1.82, 2.24) is 9.55 Å². The third kappa shape index (κ3) is 2.78. The summed E-state index contributed by atoms with van der Waals surface area (Å²) in [6.07, 6.45) is 1.47. The SMILES string of the molecule is CC(Br)c1c([N+](=O)[O-])ncn1CCC(N)=O. The number of nitro groups is 1. The molecule has 2 N–H and O–H groups in total. The summed E-state index contributed by atoms with van der Waals surface area (Å²) in [7, 11) is 0. The van der Waals surface area contributed by atoms with Crippen LogP contribution >= 0.6 is 15.9 Å². The summed E-state index contributed by atoms with van der Waals surface area (Å²) in [5.41, 5.74) is 5.45. The molecule has 1 aromatic rings. The number of primary amides is 1. The van der Waals surface area contributed by atoms with Crippen LogP contribution in [-0.2, 0) is 11.3 Å². The molecular formula is C8H11BrN4O3. The Hall–Kier alpha value is -1.44. The van der Waals surface area contributed by atoms with Gasteiger partial charge in [-0.2, -0.15) is 0 Å². The van der Waals surface area contributed by atoms with Crippen LogP contribution in [0.15, 0.2) is 6.33 Å². The molecule has 1 atom stereocenters. The number of rotatable bonds is 5. The Labute approximate surface area is 99.9 Å². The van der Waals surface area contributed by atoms with Crippen LogP contribution in [0.1, 0.15) is 23.9 Å².